The molecule has 0 unspecified atom stereocenters. The van der Waals surface area contributed by atoms with E-state index >= 15 is 0 Å². The molecule has 8 nitrogen and oxygen atoms in total. The van der Waals surface area contributed by atoms with E-state index in [1.807, 2.05) is 17.9 Å². The summed E-state index contributed by atoms with van der Waals surface area (Å²) in [5.74, 6) is 1.96. The monoisotopic (exact) mass is 481 g/mol. The number of aromatic amines is 1. The van der Waals surface area contributed by atoms with E-state index in [2.05, 4.69) is 52.2 Å². The van der Waals surface area contributed by atoms with Gasteiger partial charge < -0.3 is 15.0 Å². The van der Waals surface area contributed by atoms with Gasteiger partial charge in [-0.05, 0) is 42.7 Å². The predicted octanol–water partition coefficient (Wildman–Crippen LogP) is 2.64. The van der Waals surface area contributed by atoms with Crippen molar-refractivity contribution in [3.8, 4) is 0 Å². The normalized spacial score (nSPS) is 21.2. The molecule has 2 fully saturated rings. The summed E-state index contributed by atoms with van der Waals surface area (Å²) in [6.45, 7) is 12.8. The van der Waals surface area contributed by atoms with E-state index in [4.69, 9.17) is 4.74 Å². The fourth-order valence-electron chi connectivity index (χ4n) is 5.38. The molecule has 1 aromatic carbocycles. The lowest BCUT2D eigenvalue weighted by Crippen LogP contribution is -2.38. The first-order chi connectivity index (χ1) is 16.9. The van der Waals surface area contributed by atoms with Crippen LogP contribution < -0.4 is 15.8 Å². The molecule has 0 aliphatic carbocycles. The van der Waals surface area contributed by atoms with Gasteiger partial charge in [-0.1, -0.05) is 38.1 Å². The topological polar surface area (TPSA) is 90.6 Å². The van der Waals surface area contributed by atoms with Crippen molar-refractivity contribution < 1.29 is 9.53 Å². The number of piperidine rings is 1. The lowest BCUT2D eigenvalue weighted by atomic mass is 9.91. The fourth-order valence-corrected chi connectivity index (χ4v) is 5.38. The van der Waals surface area contributed by atoms with Crippen molar-refractivity contribution in [3.05, 3.63) is 57.0 Å². The molecular formula is C27H39N5O3. The minimum atomic E-state index is -0.165. The second-order valence-corrected chi connectivity index (χ2v) is 10.2. The third kappa shape index (κ3) is 6.92. The SMILES string of the molecule is Cc1nc(N2CCOCC2)[nH]c(=O)c1CCC(=O)NCc1ccccc1CN1C[C@H](C)C[C@@H](C)C1. The summed E-state index contributed by atoms with van der Waals surface area (Å²) >= 11 is 0. The van der Waals surface area contributed by atoms with Crippen molar-refractivity contribution in [2.75, 3.05) is 44.3 Å². The summed E-state index contributed by atoms with van der Waals surface area (Å²) in [6.07, 6.45) is 1.92. The molecular weight excluding hydrogens is 442 g/mol. The number of aromatic nitrogens is 2. The Morgan fingerprint density at radius 3 is 2.51 bits per heavy atom. The van der Waals surface area contributed by atoms with Gasteiger partial charge in [-0.3, -0.25) is 19.5 Å². The molecule has 2 atom stereocenters. The maximum absolute atomic E-state index is 12.7. The summed E-state index contributed by atoms with van der Waals surface area (Å²) < 4.78 is 5.37. The Bertz CT molecular complexity index is 1050. The van der Waals surface area contributed by atoms with Gasteiger partial charge in [-0.15, -0.1) is 0 Å². The Labute approximate surface area is 208 Å². The Morgan fingerprint density at radius 2 is 1.83 bits per heavy atom. The van der Waals surface area contributed by atoms with E-state index in [1.165, 1.54) is 12.0 Å². The molecule has 3 heterocycles. The van der Waals surface area contributed by atoms with Crippen LogP contribution in [0.3, 0.4) is 0 Å². The lowest BCUT2D eigenvalue weighted by molar-refractivity contribution is -0.121. The first-order valence-corrected chi connectivity index (χ1v) is 12.9. The number of anilines is 1. The molecule has 0 bridgehead atoms. The molecule has 1 amide bonds. The second-order valence-electron chi connectivity index (χ2n) is 10.2. The summed E-state index contributed by atoms with van der Waals surface area (Å²) in [4.78, 5) is 37.4. The molecule has 0 spiro atoms. The Kier molecular flexibility index (Phi) is 8.57. The summed E-state index contributed by atoms with van der Waals surface area (Å²) in [5.41, 5.74) is 3.51. The molecule has 190 valence electrons. The van der Waals surface area contributed by atoms with Gasteiger partial charge in [0, 0.05) is 56.9 Å². The molecule has 0 radical (unpaired) electrons. The molecule has 2 N–H and O–H groups in total. The minimum Gasteiger partial charge on any atom is -0.378 e. The van der Waals surface area contributed by atoms with E-state index < -0.39 is 0 Å². The van der Waals surface area contributed by atoms with Crippen LogP contribution in [0.4, 0.5) is 5.95 Å². The van der Waals surface area contributed by atoms with Crippen molar-refractivity contribution >= 4 is 11.9 Å². The van der Waals surface area contributed by atoms with Crippen LogP contribution in [0.25, 0.3) is 0 Å². The van der Waals surface area contributed by atoms with Gasteiger partial charge in [0.05, 0.1) is 13.2 Å². The summed E-state index contributed by atoms with van der Waals surface area (Å²) in [7, 11) is 0. The molecule has 2 aromatic rings. The van der Waals surface area contributed by atoms with E-state index in [-0.39, 0.29) is 17.9 Å². The number of morpholine rings is 1. The summed E-state index contributed by atoms with van der Waals surface area (Å²) in [5, 5.41) is 3.05. The van der Waals surface area contributed by atoms with E-state index in [9.17, 15) is 9.59 Å². The van der Waals surface area contributed by atoms with Crippen molar-refractivity contribution in [3.63, 3.8) is 0 Å². The van der Waals surface area contributed by atoms with Crippen LogP contribution in [0.15, 0.2) is 29.1 Å². The highest BCUT2D eigenvalue weighted by atomic mass is 16.5. The van der Waals surface area contributed by atoms with Crippen LogP contribution in [0.5, 0.6) is 0 Å². The highest BCUT2D eigenvalue weighted by Gasteiger charge is 2.22. The fraction of sp³-hybridized carbons (Fsp3) is 0.593. The van der Waals surface area contributed by atoms with Gasteiger partial charge >= 0.3 is 0 Å². The maximum Gasteiger partial charge on any atom is 0.255 e. The zero-order valence-electron chi connectivity index (χ0n) is 21.3. The van der Waals surface area contributed by atoms with E-state index in [0.717, 1.165) is 37.0 Å². The number of rotatable bonds is 8. The lowest BCUT2D eigenvalue weighted by Gasteiger charge is -2.35. The van der Waals surface area contributed by atoms with Gasteiger partial charge in [-0.2, -0.15) is 0 Å². The van der Waals surface area contributed by atoms with Gasteiger partial charge in [0.2, 0.25) is 11.9 Å². The number of nitrogens with zero attached hydrogens (tertiary/aromatic N) is 3. The first kappa shape index (κ1) is 25.4. The van der Waals surface area contributed by atoms with Crippen molar-refractivity contribution in [1.29, 1.82) is 0 Å². The zero-order valence-corrected chi connectivity index (χ0v) is 21.3. The third-order valence-corrected chi connectivity index (χ3v) is 7.06. The number of nitrogens with one attached hydrogen (secondary N) is 2. The number of ether oxygens (including phenoxy) is 1. The van der Waals surface area contributed by atoms with Gasteiger partial charge in [0.15, 0.2) is 0 Å². The average Bonchev–Trinajstić information content (AvgIpc) is 2.83. The Balaban J connectivity index is 1.31. The quantitative estimate of drug-likeness (QED) is 0.603. The highest BCUT2D eigenvalue weighted by Crippen LogP contribution is 2.23. The number of carbonyl (C=O) groups is 1. The number of carbonyl (C=O) groups excluding carboxylic acids is 1. The average molecular weight is 482 g/mol. The van der Waals surface area contributed by atoms with Crippen LogP contribution in [-0.2, 0) is 29.0 Å². The molecule has 0 saturated carbocycles. The number of amides is 1. The molecule has 1 aromatic heterocycles. The molecule has 2 aliphatic heterocycles. The Hall–Kier alpha value is -2.71. The molecule has 2 saturated heterocycles. The number of benzene rings is 1. The number of H-pyrrole nitrogens is 1. The third-order valence-electron chi connectivity index (χ3n) is 7.06. The smallest absolute Gasteiger partial charge is 0.255 e. The van der Waals surface area contributed by atoms with E-state index in [0.29, 0.717) is 56.5 Å². The standard InChI is InChI=1S/C27H39N5O3/c1-19-14-20(2)17-31(16-19)18-23-7-5-4-6-22(23)15-28-25(33)9-8-24-21(3)29-27(30-26(24)34)32-10-12-35-13-11-32/h4-7,19-20H,8-18H2,1-3H3,(H,28,33)(H,29,30,34)/t19-,20-/m1/s1. The van der Waals surface area contributed by atoms with Crippen LogP contribution >= 0.6 is 0 Å². The van der Waals surface area contributed by atoms with Gasteiger partial charge in [-0.25, -0.2) is 4.98 Å². The zero-order chi connectivity index (χ0) is 24.8. The van der Waals surface area contributed by atoms with Gasteiger partial charge in [0.25, 0.3) is 5.56 Å². The number of hydrogen-bond donors (Lipinski definition) is 2. The molecule has 8 heteroatoms. The van der Waals surface area contributed by atoms with Crippen molar-refractivity contribution in [1.82, 2.24) is 20.2 Å². The van der Waals surface area contributed by atoms with E-state index in [1.54, 1.807) is 0 Å². The van der Waals surface area contributed by atoms with Crippen LogP contribution in [0.2, 0.25) is 0 Å². The van der Waals surface area contributed by atoms with Crippen LogP contribution in [-0.4, -0.2) is 60.2 Å². The molecule has 2 aliphatic rings. The number of aryl methyl sites for hydroxylation is 1. The Morgan fingerprint density at radius 1 is 1.14 bits per heavy atom. The molecule has 4 rings (SSSR count). The first-order valence-electron chi connectivity index (χ1n) is 12.9. The van der Waals surface area contributed by atoms with Crippen molar-refractivity contribution in [2.45, 2.75) is 53.1 Å². The number of hydrogen-bond acceptors (Lipinski definition) is 6. The highest BCUT2D eigenvalue weighted by molar-refractivity contribution is 5.76. The second kappa shape index (κ2) is 11.8. The van der Waals surface area contributed by atoms with Gasteiger partial charge in [0.1, 0.15) is 0 Å². The predicted molar refractivity (Wildman–Crippen MR) is 137 cm³/mol. The number of likely N-dealkylation sites (tertiary alicyclic amines) is 1. The largest absolute Gasteiger partial charge is 0.378 e. The van der Waals surface area contributed by atoms with Crippen LogP contribution in [0, 0.1) is 18.8 Å². The maximum atomic E-state index is 12.7. The van der Waals surface area contributed by atoms with Crippen LogP contribution in [0.1, 0.15) is 49.1 Å². The molecule has 35 heavy (non-hydrogen) atoms. The minimum absolute atomic E-state index is 0.0592. The van der Waals surface area contributed by atoms with Crippen molar-refractivity contribution in [2.24, 2.45) is 11.8 Å². The summed E-state index contributed by atoms with van der Waals surface area (Å²) in [6, 6.07) is 8.35.